The zero-order chi connectivity index (χ0) is 7.07. The first kappa shape index (κ1) is 7.15. The molecule has 0 radical (unpaired) electrons. The maximum Gasteiger partial charge on any atom is 0.116 e. The number of rotatable bonds is 0. The third kappa shape index (κ3) is 3.14. The van der Waals surface area contributed by atoms with Gasteiger partial charge in [-0.05, 0) is 6.08 Å². The Kier molecular flexibility index (Phi) is 3.49. The van der Waals surface area contributed by atoms with Crippen LogP contribution in [0.15, 0.2) is 24.6 Å². The van der Waals surface area contributed by atoms with E-state index in [1.165, 1.54) is 0 Å². The van der Waals surface area contributed by atoms with Gasteiger partial charge in [0.1, 0.15) is 13.3 Å². The minimum absolute atomic E-state index is 0.532. The third-order valence-electron chi connectivity index (χ3n) is 1.04. The van der Waals surface area contributed by atoms with Crippen LogP contribution >= 0.6 is 0 Å². The Morgan fingerprint density at radius 3 is 3.10 bits per heavy atom. The van der Waals surface area contributed by atoms with Crippen molar-refractivity contribution >= 4 is 0 Å². The molecule has 0 saturated carbocycles. The summed E-state index contributed by atoms with van der Waals surface area (Å²) >= 11 is 0. The van der Waals surface area contributed by atoms with Gasteiger partial charge in [-0.25, -0.2) is 0 Å². The van der Waals surface area contributed by atoms with E-state index >= 15 is 0 Å². The van der Waals surface area contributed by atoms with Gasteiger partial charge in [-0.2, -0.15) is 0 Å². The zero-order valence-corrected chi connectivity index (χ0v) is 5.75. The Hall–Kier alpha value is -0.960. The fourth-order valence-corrected chi connectivity index (χ4v) is 0.577. The van der Waals surface area contributed by atoms with E-state index in [9.17, 15) is 0 Å². The first-order valence-corrected chi connectivity index (χ1v) is 3.23. The van der Waals surface area contributed by atoms with Crippen LogP contribution in [0, 0.1) is 0 Å². The molecule has 0 aromatic rings. The predicted molar refractivity (Wildman–Crippen MR) is 38.2 cm³/mol. The second-order valence-corrected chi connectivity index (χ2v) is 1.83. The van der Waals surface area contributed by atoms with E-state index in [1.54, 1.807) is 12.5 Å². The van der Waals surface area contributed by atoms with Crippen LogP contribution in [0.5, 0.6) is 0 Å². The summed E-state index contributed by atoms with van der Waals surface area (Å²) in [5.74, 6) is 0. The Labute approximate surface area is 60.3 Å². The van der Waals surface area contributed by atoms with Crippen LogP contribution in [0.4, 0.5) is 0 Å². The van der Waals surface area contributed by atoms with Crippen molar-refractivity contribution in [2.45, 2.75) is 0 Å². The molecule has 56 valence electrons. The molecule has 0 amide bonds. The van der Waals surface area contributed by atoms with Crippen LogP contribution in [0.1, 0.15) is 0 Å². The molecule has 0 aliphatic carbocycles. The first-order valence-electron chi connectivity index (χ1n) is 3.23. The normalized spacial score (nSPS) is 25.6. The van der Waals surface area contributed by atoms with Crippen LogP contribution in [-0.4, -0.2) is 19.9 Å². The molecule has 1 aliphatic rings. The molecule has 0 aromatic heterocycles. The molecule has 0 spiro atoms. The van der Waals surface area contributed by atoms with Gasteiger partial charge in [0.05, 0.1) is 12.9 Å². The van der Waals surface area contributed by atoms with Crippen molar-refractivity contribution in [3.63, 3.8) is 0 Å². The van der Waals surface area contributed by atoms with Gasteiger partial charge < -0.3 is 14.8 Å². The number of hydrogen-bond donors (Lipinski definition) is 1. The van der Waals surface area contributed by atoms with E-state index in [1.807, 2.05) is 12.2 Å². The molecule has 1 rings (SSSR count). The van der Waals surface area contributed by atoms with Crippen molar-refractivity contribution in [2.75, 3.05) is 19.9 Å². The molecule has 0 unspecified atom stereocenters. The second-order valence-electron chi connectivity index (χ2n) is 1.83. The minimum Gasteiger partial charge on any atom is -0.496 e. The summed E-state index contributed by atoms with van der Waals surface area (Å²) in [7, 11) is 0. The zero-order valence-electron chi connectivity index (χ0n) is 5.75. The Morgan fingerprint density at radius 1 is 1.20 bits per heavy atom. The van der Waals surface area contributed by atoms with Crippen LogP contribution in [0.3, 0.4) is 0 Å². The van der Waals surface area contributed by atoms with Crippen LogP contribution < -0.4 is 5.32 Å². The highest BCUT2D eigenvalue weighted by molar-refractivity contribution is 4.83. The summed E-state index contributed by atoms with van der Waals surface area (Å²) in [6.07, 6.45) is 7.19. The van der Waals surface area contributed by atoms with Crippen molar-refractivity contribution in [1.82, 2.24) is 5.32 Å². The van der Waals surface area contributed by atoms with Crippen LogP contribution in [0.25, 0.3) is 0 Å². The molecule has 3 nitrogen and oxygen atoms in total. The largest absolute Gasteiger partial charge is 0.496 e. The number of ether oxygens (including phenoxy) is 2. The van der Waals surface area contributed by atoms with Crippen molar-refractivity contribution in [3.05, 3.63) is 24.6 Å². The van der Waals surface area contributed by atoms with Gasteiger partial charge in [-0.3, -0.25) is 0 Å². The van der Waals surface area contributed by atoms with E-state index in [2.05, 4.69) is 5.32 Å². The minimum atomic E-state index is 0.532. The van der Waals surface area contributed by atoms with E-state index in [0.29, 0.717) is 19.9 Å². The van der Waals surface area contributed by atoms with Crippen LogP contribution in [-0.2, 0) is 9.47 Å². The average molecular weight is 141 g/mol. The second kappa shape index (κ2) is 4.88. The molecular weight excluding hydrogens is 130 g/mol. The summed E-state index contributed by atoms with van der Waals surface area (Å²) in [5.41, 5.74) is 0. The summed E-state index contributed by atoms with van der Waals surface area (Å²) in [4.78, 5) is 0. The lowest BCUT2D eigenvalue weighted by Gasteiger charge is -2.02. The highest BCUT2D eigenvalue weighted by Crippen LogP contribution is 1.83. The summed E-state index contributed by atoms with van der Waals surface area (Å²) in [5, 5.41) is 2.89. The van der Waals surface area contributed by atoms with Gasteiger partial charge in [0.15, 0.2) is 0 Å². The predicted octanol–water partition coefficient (Wildman–Crippen LogP) is 0.608. The van der Waals surface area contributed by atoms with Gasteiger partial charge in [-0.1, -0.05) is 6.08 Å². The van der Waals surface area contributed by atoms with E-state index < -0.39 is 0 Å². The fraction of sp³-hybridized carbons (Fsp3) is 0.429. The molecule has 0 saturated heterocycles. The molecule has 0 atom stereocenters. The quantitative estimate of drug-likeness (QED) is 0.501. The van der Waals surface area contributed by atoms with Crippen molar-refractivity contribution in [2.24, 2.45) is 0 Å². The van der Waals surface area contributed by atoms with Gasteiger partial charge >= 0.3 is 0 Å². The maximum atomic E-state index is 5.11. The van der Waals surface area contributed by atoms with Gasteiger partial charge in [0, 0.05) is 6.20 Å². The lowest BCUT2D eigenvalue weighted by Crippen LogP contribution is -2.11. The maximum absolute atomic E-state index is 5.11. The fourth-order valence-electron chi connectivity index (χ4n) is 0.577. The van der Waals surface area contributed by atoms with Crippen LogP contribution in [0.2, 0.25) is 0 Å². The monoisotopic (exact) mass is 141 g/mol. The SMILES string of the molecule is C1=C\COCN/C=C\OC/1. The van der Waals surface area contributed by atoms with Crippen molar-refractivity contribution in [3.8, 4) is 0 Å². The standard InChI is InChI=1S/C7H11NO2/c1-2-5-10-7-8-3-6-9-4-1/h1-3,6,8H,4-5,7H2/b2-1-,6-3-. The summed E-state index contributed by atoms with van der Waals surface area (Å²) in [6.45, 7) is 1.79. The number of nitrogens with one attached hydrogen (secondary N) is 1. The number of hydrogen-bond acceptors (Lipinski definition) is 3. The molecule has 10 heavy (non-hydrogen) atoms. The van der Waals surface area contributed by atoms with E-state index in [4.69, 9.17) is 9.47 Å². The third-order valence-corrected chi connectivity index (χ3v) is 1.04. The van der Waals surface area contributed by atoms with Gasteiger partial charge in [-0.15, -0.1) is 0 Å². The molecule has 0 aromatic carbocycles. The topological polar surface area (TPSA) is 30.5 Å². The molecular formula is C7H11NO2. The highest BCUT2D eigenvalue weighted by Gasteiger charge is 1.82. The Bertz CT molecular complexity index is 116. The molecule has 1 N–H and O–H groups in total. The molecule has 0 fully saturated rings. The molecule has 0 bridgehead atoms. The summed E-state index contributed by atoms with van der Waals surface area (Å²) in [6, 6.07) is 0. The Morgan fingerprint density at radius 2 is 2.10 bits per heavy atom. The molecule has 3 heteroatoms. The summed E-state index contributed by atoms with van der Waals surface area (Å²) < 4.78 is 10.1. The lowest BCUT2D eigenvalue weighted by atomic mass is 10.5. The van der Waals surface area contributed by atoms with Crippen molar-refractivity contribution < 1.29 is 9.47 Å². The first-order chi connectivity index (χ1) is 5.00. The van der Waals surface area contributed by atoms with Gasteiger partial charge in [0.2, 0.25) is 0 Å². The van der Waals surface area contributed by atoms with E-state index in [0.717, 1.165) is 0 Å². The molecule has 1 aliphatic heterocycles. The van der Waals surface area contributed by atoms with Gasteiger partial charge in [0.25, 0.3) is 0 Å². The highest BCUT2D eigenvalue weighted by atomic mass is 16.5. The lowest BCUT2D eigenvalue weighted by molar-refractivity contribution is 0.149. The molecule has 1 heterocycles. The van der Waals surface area contributed by atoms with E-state index in [-0.39, 0.29) is 0 Å². The Balaban J connectivity index is 2.23. The smallest absolute Gasteiger partial charge is 0.116 e. The average Bonchev–Trinajstić information content (AvgIpc) is 2.01. The van der Waals surface area contributed by atoms with Crippen molar-refractivity contribution in [1.29, 1.82) is 0 Å².